The first-order valence-corrected chi connectivity index (χ1v) is 5.87. The highest BCUT2D eigenvalue weighted by Crippen LogP contribution is 2.14. The molecule has 0 unspecified atom stereocenters. The van der Waals surface area contributed by atoms with Crippen LogP contribution in [0.25, 0.3) is 0 Å². The first-order valence-electron chi connectivity index (χ1n) is 5.87. The smallest absolute Gasteiger partial charge is 0.373 e. The van der Waals surface area contributed by atoms with Crippen molar-refractivity contribution in [3.63, 3.8) is 0 Å². The van der Waals surface area contributed by atoms with Crippen molar-refractivity contribution >= 4 is 11.9 Å². The van der Waals surface area contributed by atoms with E-state index >= 15 is 0 Å². The van der Waals surface area contributed by atoms with Crippen molar-refractivity contribution in [1.29, 1.82) is 0 Å². The molecule has 0 saturated heterocycles. The summed E-state index contributed by atoms with van der Waals surface area (Å²) in [6.45, 7) is 0. The second-order valence-electron chi connectivity index (χ2n) is 3.73. The number of benzene rings is 2. The van der Waals surface area contributed by atoms with E-state index in [0.29, 0.717) is 5.56 Å². The lowest BCUT2D eigenvalue weighted by Gasteiger charge is -1.97. The molecule has 0 amide bonds. The van der Waals surface area contributed by atoms with Crippen LogP contribution in [0.2, 0.25) is 0 Å². The molecule has 0 saturated carbocycles. The fourth-order valence-electron chi connectivity index (χ4n) is 1.35. The van der Waals surface area contributed by atoms with E-state index in [9.17, 15) is 9.59 Å². The third-order valence-electron chi connectivity index (χ3n) is 2.30. The summed E-state index contributed by atoms with van der Waals surface area (Å²) in [6, 6.07) is 14.5. The minimum Gasteiger partial charge on any atom is -0.507 e. The van der Waals surface area contributed by atoms with Gasteiger partial charge in [0.05, 0.1) is 12.7 Å². The number of phenols is 1. The van der Waals surface area contributed by atoms with Crippen LogP contribution in [0.1, 0.15) is 20.7 Å². The molecule has 0 bridgehead atoms. The summed E-state index contributed by atoms with van der Waals surface area (Å²) in [4.78, 5) is 29.7. The second kappa shape index (κ2) is 8.34. The number of carboxylic acids is 1. The van der Waals surface area contributed by atoms with Gasteiger partial charge < -0.3 is 10.2 Å². The van der Waals surface area contributed by atoms with Gasteiger partial charge in [0.15, 0.2) is 0 Å². The Morgan fingerprint density at radius 1 is 0.952 bits per heavy atom. The van der Waals surface area contributed by atoms with E-state index in [0.717, 1.165) is 0 Å². The molecule has 0 aromatic heterocycles. The van der Waals surface area contributed by atoms with Crippen LogP contribution in [-0.2, 0) is 9.78 Å². The van der Waals surface area contributed by atoms with Gasteiger partial charge in [-0.2, -0.15) is 4.89 Å². The predicted octanol–water partition coefficient (Wildman–Crippen LogP) is 2.50. The highest BCUT2D eigenvalue weighted by atomic mass is 17.2. The van der Waals surface area contributed by atoms with Crippen molar-refractivity contribution in [3.8, 4) is 5.75 Å². The Bertz CT molecular complexity index is 594. The number of rotatable bonds is 3. The molecule has 0 aliphatic carbocycles. The molecule has 0 heterocycles. The van der Waals surface area contributed by atoms with Crippen LogP contribution in [0.3, 0.4) is 0 Å². The lowest BCUT2D eigenvalue weighted by atomic mass is 10.2. The molecule has 6 nitrogen and oxygen atoms in total. The Hall–Kier alpha value is -2.86. The zero-order valence-corrected chi connectivity index (χ0v) is 11.2. The van der Waals surface area contributed by atoms with E-state index in [2.05, 4.69) is 9.78 Å². The molecule has 2 aromatic rings. The Labute approximate surface area is 121 Å². The van der Waals surface area contributed by atoms with Crippen LogP contribution in [0.15, 0.2) is 54.6 Å². The van der Waals surface area contributed by atoms with Gasteiger partial charge in [-0.3, -0.25) is 4.89 Å². The molecule has 2 N–H and O–H groups in total. The lowest BCUT2D eigenvalue weighted by molar-refractivity contribution is -0.216. The molecule has 0 atom stereocenters. The third kappa shape index (κ3) is 5.33. The average Bonchev–Trinajstić information content (AvgIpc) is 2.49. The van der Waals surface area contributed by atoms with Gasteiger partial charge >= 0.3 is 11.9 Å². The van der Waals surface area contributed by atoms with Crippen molar-refractivity contribution in [2.24, 2.45) is 0 Å². The summed E-state index contributed by atoms with van der Waals surface area (Å²) in [6.07, 6.45) is 0. The molecule has 0 fully saturated rings. The molecule has 2 rings (SSSR count). The first kappa shape index (κ1) is 16.2. The fraction of sp³-hybridized carbons (Fsp3) is 0.0667. The van der Waals surface area contributed by atoms with E-state index in [1.54, 1.807) is 36.4 Å². The number of carbonyl (C=O) groups is 2. The Kier molecular flexibility index (Phi) is 6.43. The Morgan fingerprint density at radius 3 is 2.00 bits per heavy atom. The molecular formula is C15H14O6. The zero-order chi connectivity index (χ0) is 15.7. The van der Waals surface area contributed by atoms with E-state index in [1.165, 1.54) is 19.2 Å². The van der Waals surface area contributed by atoms with Crippen LogP contribution in [0.4, 0.5) is 0 Å². The van der Waals surface area contributed by atoms with Crippen molar-refractivity contribution in [3.05, 3.63) is 65.7 Å². The number of aromatic carboxylic acids is 1. The summed E-state index contributed by atoms with van der Waals surface area (Å²) in [5.74, 6) is -1.79. The van der Waals surface area contributed by atoms with Crippen molar-refractivity contribution < 1.29 is 29.6 Å². The fourth-order valence-corrected chi connectivity index (χ4v) is 1.35. The minimum atomic E-state index is -1.11. The molecule has 21 heavy (non-hydrogen) atoms. The van der Waals surface area contributed by atoms with Gasteiger partial charge in [0.2, 0.25) is 0 Å². The van der Waals surface area contributed by atoms with Gasteiger partial charge in [-0.1, -0.05) is 30.3 Å². The van der Waals surface area contributed by atoms with Gasteiger partial charge in [0.25, 0.3) is 0 Å². The summed E-state index contributed by atoms with van der Waals surface area (Å²) < 4.78 is 0. The number of carbonyl (C=O) groups excluding carboxylic acids is 1. The van der Waals surface area contributed by atoms with E-state index < -0.39 is 11.9 Å². The monoisotopic (exact) mass is 290 g/mol. The summed E-state index contributed by atoms with van der Waals surface area (Å²) in [5, 5.41) is 17.3. The van der Waals surface area contributed by atoms with E-state index in [4.69, 9.17) is 10.2 Å². The highest BCUT2D eigenvalue weighted by molar-refractivity contribution is 5.90. The average molecular weight is 290 g/mol. The van der Waals surface area contributed by atoms with Gasteiger partial charge in [-0.15, -0.1) is 0 Å². The second-order valence-corrected chi connectivity index (χ2v) is 3.73. The SMILES string of the molecule is COOC(=O)c1ccccc1.O=C(O)c1ccccc1O. The van der Waals surface area contributed by atoms with Crippen LogP contribution in [-0.4, -0.2) is 29.3 Å². The summed E-state index contributed by atoms with van der Waals surface area (Å²) in [7, 11) is 1.29. The normalized spacial score (nSPS) is 9.19. The van der Waals surface area contributed by atoms with E-state index in [-0.39, 0.29) is 11.3 Å². The molecule has 0 aliphatic heterocycles. The zero-order valence-electron chi connectivity index (χ0n) is 11.2. The highest BCUT2D eigenvalue weighted by Gasteiger charge is 2.06. The van der Waals surface area contributed by atoms with E-state index in [1.807, 2.05) is 6.07 Å². The molecule has 6 heteroatoms. The first-order chi connectivity index (χ1) is 10.1. The maximum atomic E-state index is 10.9. The topological polar surface area (TPSA) is 93.1 Å². The van der Waals surface area contributed by atoms with Crippen LogP contribution >= 0.6 is 0 Å². The maximum Gasteiger partial charge on any atom is 0.373 e. The van der Waals surface area contributed by atoms with Crippen LogP contribution in [0, 0.1) is 0 Å². The Morgan fingerprint density at radius 2 is 1.52 bits per heavy atom. The van der Waals surface area contributed by atoms with Crippen LogP contribution in [0.5, 0.6) is 5.75 Å². The minimum absolute atomic E-state index is 0.0671. The quantitative estimate of drug-likeness (QED) is 0.666. The number of hydrogen-bond donors (Lipinski definition) is 2. The van der Waals surface area contributed by atoms with Crippen molar-refractivity contribution in [1.82, 2.24) is 0 Å². The number of para-hydroxylation sites is 1. The summed E-state index contributed by atoms with van der Waals surface area (Å²) >= 11 is 0. The number of hydrogen-bond acceptors (Lipinski definition) is 5. The standard InChI is InChI=1S/C8H8O3.C7H6O3/c1-10-11-8(9)7-5-3-2-4-6-7;8-6-4-2-1-3-5(6)7(9)10/h2-6H,1H3;1-4,8H,(H,9,10). The van der Waals surface area contributed by atoms with Gasteiger partial charge in [0, 0.05) is 0 Å². The molecule has 0 aliphatic rings. The third-order valence-corrected chi connectivity index (χ3v) is 2.30. The van der Waals surface area contributed by atoms with Gasteiger partial charge in [-0.25, -0.2) is 9.59 Å². The van der Waals surface area contributed by atoms with Crippen molar-refractivity contribution in [2.45, 2.75) is 0 Å². The number of carboxylic acid groups (broad SMARTS) is 1. The van der Waals surface area contributed by atoms with Gasteiger partial charge in [0.1, 0.15) is 11.3 Å². The molecule has 110 valence electrons. The number of aromatic hydroxyl groups is 1. The summed E-state index contributed by atoms with van der Waals surface area (Å²) in [5.41, 5.74) is 0.414. The predicted molar refractivity (Wildman–Crippen MR) is 73.9 cm³/mol. The van der Waals surface area contributed by atoms with Crippen LogP contribution < -0.4 is 0 Å². The molecular weight excluding hydrogens is 276 g/mol. The van der Waals surface area contributed by atoms with Crippen molar-refractivity contribution in [2.75, 3.05) is 7.11 Å². The molecule has 0 spiro atoms. The Balaban J connectivity index is 0.000000211. The maximum absolute atomic E-state index is 10.9. The lowest BCUT2D eigenvalue weighted by Crippen LogP contribution is -2.02. The van der Waals surface area contributed by atoms with Gasteiger partial charge in [-0.05, 0) is 24.3 Å². The molecule has 0 radical (unpaired) electrons. The largest absolute Gasteiger partial charge is 0.507 e. The molecule has 2 aromatic carbocycles.